The molecule has 0 aliphatic carbocycles. The maximum atomic E-state index is 13.0. The number of carbonyl (C=O) groups excluding carboxylic acids is 1. The second-order valence-electron chi connectivity index (χ2n) is 9.36. The van der Waals surface area contributed by atoms with E-state index >= 15 is 0 Å². The number of thioether (sulfide) groups is 1. The van der Waals surface area contributed by atoms with E-state index in [1.807, 2.05) is 83.3 Å². The molecule has 0 aliphatic heterocycles. The highest BCUT2D eigenvalue weighted by Crippen LogP contribution is 2.30. The van der Waals surface area contributed by atoms with Crippen LogP contribution in [-0.4, -0.2) is 29.7 Å². The van der Waals surface area contributed by atoms with Crippen LogP contribution in [0.3, 0.4) is 0 Å². The van der Waals surface area contributed by atoms with Crippen LogP contribution in [0.5, 0.6) is 0 Å². The van der Waals surface area contributed by atoms with Gasteiger partial charge in [0, 0.05) is 35.5 Å². The van der Waals surface area contributed by atoms with E-state index in [1.54, 1.807) is 24.4 Å². The molecule has 4 heterocycles. The third-order valence-electron chi connectivity index (χ3n) is 6.74. The molecule has 1 N–H and O–H groups in total. The SMILES string of the molecule is O=C(NCc1ccccc1)c1ccc2c(c1)nc(SCc1cc(=O)n3ccccc3n1)n1c3ccccc3nc21. The third-order valence-corrected chi connectivity index (χ3v) is 7.71. The zero-order valence-electron chi connectivity index (χ0n) is 21.2. The van der Waals surface area contributed by atoms with Gasteiger partial charge in [-0.3, -0.25) is 18.4 Å². The highest BCUT2D eigenvalue weighted by Gasteiger charge is 2.17. The molecule has 7 aromatic rings. The first-order valence-electron chi connectivity index (χ1n) is 12.8. The summed E-state index contributed by atoms with van der Waals surface area (Å²) in [4.78, 5) is 40.2. The van der Waals surface area contributed by atoms with Gasteiger partial charge in [0.1, 0.15) is 11.3 Å². The van der Waals surface area contributed by atoms with Gasteiger partial charge in [-0.15, -0.1) is 0 Å². The Labute approximate surface area is 232 Å². The molecule has 4 aromatic heterocycles. The molecule has 40 heavy (non-hydrogen) atoms. The van der Waals surface area contributed by atoms with Gasteiger partial charge in [-0.2, -0.15) is 0 Å². The Morgan fingerprint density at radius 1 is 0.825 bits per heavy atom. The molecule has 1 amide bonds. The number of fused-ring (bicyclic) bond motifs is 6. The maximum Gasteiger partial charge on any atom is 0.258 e. The van der Waals surface area contributed by atoms with Crippen LogP contribution in [0.25, 0.3) is 33.2 Å². The number of nitrogens with zero attached hydrogens (tertiary/aromatic N) is 5. The van der Waals surface area contributed by atoms with Crippen molar-refractivity contribution in [3.8, 4) is 0 Å². The molecular weight excluding hydrogens is 520 g/mol. The lowest BCUT2D eigenvalue weighted by atomic mass is 10.1. The molecule has 3 aromatic carbocycles. The minimum Gasteiger partial charge on any atom is -0.348 e. The van der Waals surface area contributed by atoms with E-state index in [0.717, 1.165) is 27.6 Å². The van der Waals surface area contributed by atoms with Crippen LogP contribution in [-0.2, 0) is 12.3 Å². The van der Waals surface area contributed by atoms with Gasteiger partial charge < -0.3 is 5.32 Å². The Balaban J connectivity index is 1.28. The topological polar surface area (TPSA) is 93.7 Å². The number of hydrogen-bond acceptors (Lipinski definition) is 6. The molecule has 0 saturated carbocycles. The fourth-order valence-electron chi connectivity index (χ4n) is 4.80. The number of imidazole rings is 1. The molecule has 0 fully saturated rings. The number of rotatable bonds is 6. The van der Waals surface area contributed by atoms with Crippen molar-refractivity contribution in [3.63, 3.8) is 0 Å². The number of pyridine rings is 1. The normalized spacial score (nSPS) is 11.5. The minimum atomic E-state index is -0.170. The van der Waals surface area contributed by atoms with Gasteiger partial charge in [-0.1, -0.05) is 60.3 Å². The first-order chi connectivity index (χ1) is 19.6. The van der Waals surface area contributed by atoms with Crippen molar-refractivity contribution in [3.05, 3.63) is 130 Å². The van der Waals surface area contributed by atoms with Gasteiger partial charge in [0.15, 0.2) is 5.16 Å². The number of aromatic nitrogens is 5. The van der Waals surface area contributed by atoms with Crippen LogP contribution in [0, 0.1) is 0 Å². The summed E-state index contributed by atoms with van der Waals surface area (Å²) in [5, 5.41) is 4.54. The molecule has 194 valence electrons. The van der Waals surface area contributed by atoms with Crippen molar-refractivity contribution in [1.82, 2.24) is 29.1 Å². The van der Waals surface area contributed by atoms with E-state index in [-0.39, 0.29) is 11.5 Å². The summed E-state index contributed by atoms with van der Waals surface area (Å²) in [5.41, 5.74) is 5.91. The summed E-state index contributed by atoms with van der Waals surface area (Å²) < 4.78 is 3.56. The van der Waals surface area contributed by atoms with Crippen LogP contribution < -0.4 is 10.9 Å². The number of nitrogens with one attached hydrogen (secondary N) is 1. The molecule has 0 atom stereocenters. The van der Waals surface area contributed by atoms with E-state index in [4.69, 9.17) is 9.97 Å². The Morgan fingerprint density at radius 2 is 1.65 bits per heavy atom. The summed E-state index contributed by atoms with van der Waals surface area (Å²) in [7, 11) is 0. The lowest BCUT2D eigenvalue weighted by molar-refractivity contribution is 0.0951. The highest BCUT2D eigenvalue weighted by molar-refractivity contribution is 7.98. The van der Waals surface area contributed by atoms with Gasteiger partial charge in [0.2, 0.25) is 0 Å². The molecule has 0 aliphatic rings. The summed E-state index contributed by atoms with van der Waals surface area (Å²) in [6, 6.07) is 30.3. The van der Waals surface area contributed by atoms with E-state index in [9.17, 15) is 9.59 Å². The second kappa shape index (κ2) is 9.94. The number of carbonyl (C=O) groups is 1. The maximum absolute atomic E-state index is 13.0. The predicted molar refractivity (Wildman–Crippen MR) is 157 cm³/mol. The van der Waals surface area contributed by atoms with Crippen LogP contribution in [0.15, 0.2) is 113 Å². The monoisotopic (exact) mass is 542 g/mol. The smallest absolute Gasteiger partial charge is 0.258 e. The number of para-hydroxylation sites is 2. The quantitative estimate of drug-likeness (QED) is 0.227. The van der Waals surface area contributed by atoms with Gasteiger partial charge in [-0.25, -0.2) is 15.0 Å². The minimum absolute atomic E-state index is 0.128. The van der Waals surface area contributed by atoms with E-state index in [0.29, 0.717) is 39.9 Å². The lowest BCUT2D eigenvalue weighted by Gasteiger charge is -2.10. The summed E-state index contributed by atoms with van der Waals surface area (Å²) in [5.74, 6) is 0.272. The highest BCUT2D eigenvalue weighted by atomic mass is 32.2. The molecule has 8 nitrogen and oxygen atoms in total. The Morgan fingerprint density at radius 3 is 2.55 bits per heavy atom. The first kappa shape index (κ1) is 24.1. The van der Waals surface area contributed by atoms with Gasteiger partial charge >= 0.3 is 0 Å². The predicted octanol–water partition coefficient (Wildman–Crippen LogP) is 5.27. The second-order valence-corrected chi connectivity index (χ2v) is 10.3. The summed E-state index contributed by atoms with van der Waals surface area (Å²) >= 11 is 1.48. The van der Waals surface area contributed by atoms with E-state index in [1.165, 1.54) is 16.2 Å². The molecule has 0 saturated heterocycles. The Bertz CT molecular complexity index is 2120. The van der Waals surface area contributed by atoms with Crippen molar-refractivity contribution in [2.24, 2.45) is 0 Å². The Kier molecular flexibility index (Phi) is 5.98. The summed E-state index contributed by atoms with van der Waals surface area (Å²) in [6.45, 7) is 0.440. The number of benzene rings is 3. The van der Waals surface area contributed by atoms with E-state index in [2.05, 4.69) is 10.3 Å². The first-order valence-corrected chi connectivity index (χ1v) is 13.8. The third kappa shape index (κ3) is 4.36. The number of hydrogen-bond donors (Lipinski definition) is 1. The molecule has 0 radical (unpaired) electrons. The molecule has 0 bridgehead atoms. The van der Waals surface area contributed by atoms with Gasteiger partial charge in [-0.05, 0) is 48.0 Å². The molecule has 0 unspecified atom stereocenters. The molecular formula is C31H22N6O2S. The zero-order valence-corrected chi connectivity index (χ0v) is 22.0. The van der Waals surface area contributed by atoms with Crippen LogP contribution in [0.4, 0.5) is 0 Å². The fourth-order valence-corrected chi connectivity index (χ4v) is 5.70. The average Bonchev–Trinajstić information content (AvgIpc) is 3.39. The van der Waals surface area contributed by atoms with Crippen molar-refractivity contribution in [1.29, 1.82) is 0 Å². The van der Waals surface area contributed by atoms with Crippen LogP contribution in [0.2, 0.25) is 0 Å². The molecule has 9 heteroatoms. The van der Waals surface area contributed by atoms with Crippen molar-refractivity contribution in [2.45, 2.75) is 17.5 Å². The van der Waals surface area contributed by atoms with E-state index < -0.39 is 0 Å². The standard InChI is InChI=1S/C31H22N6O2S/c38-28-17-22(33-27-12-6-7-15-36(27)28)19-40-31-35-25-16-21(30(39)32-18-20-8-2-1-3-9-20)13-14-23(25)29-34-24-10-4-5-11-26(24)37(29)31/h1-17H,18-19H2,(H,32,39). The lowest BCUT2D eigenvalue weighted by Crippen LogP contribution is -2.22. The van der Waals surface area contributed by atoms with Gasteiger partial charge in [0.05, 0.1) is 22.2 Å². The molecule has 0 spiro atoms. The van der Waals surface area contributed by atoms with Crippen LogP contribution in [0.1, 0.15) is 21.6 Å². The van der Waals surface area contributed by atoms with Crippen molar-refractivity contribution in [2.75, 3.05) is 0 Å². The van der Waals surface area contributed by atoms with Crippen LogP contribution >= 0.6 is 11.8 Å². The molecule has 7 rings (SSSR count). The summed E-state index contributed by atoms with van der Waals surface area (Å²) in [6.07, 6.45) is 1.71. The van der Waals surface area contributed by atoms with Crippen molar-refractivity contribution >= 4 is 50.9 Å². The number of amides is 1. The van der Waals surface area contributed by atoms with Gasteiger partial charge in [0.25, 0.3) is 11.5 Å². The van der Waals surface area contributed by atoms with Crippen molar-refractivity contribution < 1.29 is 4.79 Å². The average molecular weight is 543 g/mol. The largest absolute Gasteiger partial charge is 0.348 e. The Hall–Kier alpha value is -5.02. The zero-order chi connectivity index (χ0) is 27.1. The fraction of sp³-hybridized carbons (Fsp3) is 0.0645.